The van der Waals surface area contributed by atoms with Gasteiger partial charge in [-0.25, -0.2) is 0 Å². The van der Waals surface area contributed by atoms with Crippen LogP contribution in [0.25, 0.3) is 0 Å². The molecule has 1 aliphatic rings. The number of hydrogen-bond donors (Lipinski definition) is 2. The molecule has 0 spiro atoms. The lowest BCUT2D eigenvalue weighted by atomic mass is 9.72. The molecule has 0 unspecified atom stereocenters. The highest BCUT2D eigenvalue weighted by Gasteiger charge is 2.37. The fraction of sp³-hybridized carbons (Fsp3) is 0.400. The highest BCUT2D eigenvalue weighted by atomic mass is 16.3. The molecule has 0 saturated heterocycles. The molecule has 4 nitrogen and oxygen atoms in total. The zero-order chi connectivity index (χ0) is 17.0. The Morgan fingerprint density at radius 2 is 1.96 bits per heavy atom. The third-order valence-electron chi connectivity index (χ3n) is 4.98. The van der Waals surface area contributed by atoms with Gasteiger partial charge >= 0.3 is 0 Å². The van der Waals surface area contributed by atoms with E-state index in [-0.39, 0.29) is 18.6 Å². The van der Waals surface area contributed by atoms with Crippen LogP contribution in [0.15, 0.2) is 48.8 Å². The van der Waals surface area contributed by atoms with Crippen molar-refractivity contribution in [3.8, 4) is 0 Å². The number of hydrogen-bond acceptors (Lipinski definition) is 3. The molecule has 0 radical (unpaired) electrons. The molecule has 1 aromatic carbocycles. The molecule has 0 saturated carbocycles. The monoisotopic (exact) mass is 324 g/mol. The normalized spacial score (nSPS) is 20.9. The first-order valence-electron chi connectivity index (χ1n) is 8.48. The Labute approximate surface area is 142 Å². The molecule has 2 aromatic rings. The van der Waals surface area contributed by atoms with Crippen molar-refractivity contribution in [1.82, 2.24) is 10.3 Å². The van der Waals surface area contributed by atoms with E-state index in [0.717, 1.165) is 24.8 Å². The molecule has 4 heteroatoms. The molecule has 1 heterocycles. The number of carbonyl (C=O) groups is 1. The van der Waals surface area contributed by atoms with Crippen LogP contribution in [0, 0.1) is 5.41 Å². The van der Waals surface area contributed by atoms with Crippen LogP contribution >= 0.6 is 0 Å². The Bertz CT molecular complexity index is 702. The predicted molar refractivity (Wildman–Crippen MR) is 93.5 cm³/mol. The number of aromatic nitrogens is 1. The maximum Gasteiger partial charge on any atom is 0.226 e. The van der Waals surface area contributed by atoms with E-state index in [4.69, 9.17) is 0 Å². The minimum absolute atomic E-state index is 0.0325. The minimum Gasteiger partial charge on any atom is -0.394 e. The summed E-state index contributed by atoms with van der Waals surface area (Å²) in [5.41, 5.74) is 3.25. The number of carbonyl (C=O) groups excluding carboxylic acids is 1. The first kappa shape index (κ1) is 16.7. The topological polar surface area (TPSA) is 62.2 Å². The number of fused-ring (bicyclic) bond motifs is 1. The number of nitrogens with one attached hydrogen (secondary N) is 1. The summed E-state index contributed by atoms with van der Waals surface area (Å²) in [6, 6.07) is 11.9. The summed E-state index contributed by atoms with van der Waals surface area (Å²) in [6.07, 6.45) is 6.58. The van der Waals surface area contributed by atoms with E-state index >= 15 is 0 Å². The highest BCUT2D eigenvalue weighted by Crippen LogP contribution is 2.35. The Balaban J connectivity index is 1.67. The summed E-state index contributed by atoms with van der Waals surface area (Å²) in [5, 5.41) is 12.7. The summed E-state index contributed by atoms with van der Waals surface area (Å²) in [6.45, 7) is 1.96. The van der Waals surface area contributed by atoms with Gasteiger partial charge in [0.05, 0.1) is 18.1 Å². The molecule has 1 aliphatic carbocycles. The van der Waals surface area contributed by atoms with E-state index in [2.05, 4.69) is 28.5 Å². The fourth-order valence-corrected chi connectivity index (χ4v) is 3.41. The van der Waals surface area contributed by atoms with Gasteiger partial charge in [-0.2, -0.15) is 0 Å². The van der Waals surface area contributed by atoms with Gasteiger partial charge in [-0.3, -0.25) is 9.78 Å². The lowest BCUT2D eigenvalue weighted by molar-refractivity contribution is -0.131. The standard InChI is InChI=1S/C20H24N2O2/c1-20(9-6-16-4-2-3-5-17(16)13-20)19(24)22-18(14-23)12-15-7-10-21-11-8-15/h2-5,7-8,10-11,18,23H,6,9,12-14H2,1H3,(H,22,24)/t18-,20+/m0/s1. The van der Waals surface area contributed by atoms with Gasteiger partial charge in [0, 0.05) is 12.4 Å². The molecule has 1 amide bonds. The van der Waals surface area contributed by atoms with E-state index in [9.17, 15) is 9.90 Å². The molecule has 2 N–H and O–H groups in total. The smallest absolute Gasteiger partial charge is 0.226 e. The average Bonchev–Trinajstić information content (AvgIpc) is 2.61. The van der Waals surface area contributed by atoms with Gasteiger partial charge in [-0.15, -0.1) is 0 Å². The molecule has 3 rings (SSSR count). The molecule has 0 bridgehead atoms. The van der Waals surface area contributed by atoms with Crippen molar-refractivity contribution in [2.24, 2.45) is 5.41 Å². The van der Waals surface area contributed by atoms with Crippen LogP contribution in [-0.4, -0.2) is 28.6 Å². The van der Waals surface area contributed by atoms with Crippen LogP contribution in [-0.2, 0) is 24.1 Å². The molecule has 24 heavy (non-hydrogen) atoms. The zero-order valence-corrected chi connectivity index (χ0v) is 14.0. The van der Waals surface area contributed by atoms with Gasteiger partial charge in [0.15, 0.2) is 0 Å². The third kappa shape index (κ3) is 3.65. The van der Waals surface area contributed by atoms with Crippen molar-refractivity contribution >= 4 is 5.91 Å². The Hall–Kier alpha value is -2.20. The molecule has 1 aromatic heterocycles. The van der Waals surface area contributed by atoms with E-state index in [0.29, 0.717) is 6.42 Å². The van der Waals surface area contributed by atoms with Crippen LogP contribution in [0.2, 0.25) is 0 Å². The minimum atomic E-state index is -0.417. The average molecular weight is 324 g/mol. The second-order valence-electron chi connectivity index (χ2n) is 6.92. The predicted octanol–water partition coefficient (Wildman–Crippen LogP) is 2.30. The van der Waals surface area contributed by atoms with Crippen molar-refractivity contribution < 1.29 is 9.90 Å². The van der Waals surface area contributed by atoms with Crippen molar-refractivity contribution in [2.45, 2.75) is 38.6 Å². The summed E-state index contributed by atoms with van der Waals surface area (Å²) >= 11 is 0. The van der Waals surface area contributed by atoms with Gasteiger partial charge in [-0.05, 0) is 54.5 Å². The number of benzene rings is 1. The molecule has 126 valence electrons. The Kier molecular flexibility index (Phi) is 4.95. The lowest BCUT2D eigenvalue weighted by Crippen LogP contribution is -2.48. The van der Waals surface area contributed by atoms with Crippen LogP contribution in [0.1, 0.15) is 30.0 Å². The van der Waals surface area contributed by atoms with Gasteiger partial charge in [0.1, 0.15) is 0 Å². The quantitative estimate of drug-likeness (QED) is 0.887. The van der Waals surface area contributed by atoms with Gasteiger partial charge < -0.3 is 10.4 Å². The summed E-state index contributed by atoms with van der Waals surface area (Å²) < 4.78 is 0. The van der Waals surface area contributed by atoms with E-state index < -0.39 is 5.41 Å². The SMILES string of the molecule is C[C@@]1(C(=O)N[C@H](CO)Cc2ccncc2)CCc2ccccc2C1. The van der Waals surface area contributed by atoms with Gasteiger partial charge in [-0.1, -0.05) is 31.2 Å². The number of nitrogens with zero attached hydrogens (tertiary/aromatic N) is 1. The first-order valence-corrected chi connectivity index (χ1v) is 8.48. The van der Waals surface area contributed by atoms with Crippen molar-refractivity contribution in [3.63, 3.8) is 0 Å². The largest absolute Gasteiger partial charge is 0.394 e. The van der Waals surface area contributed by atoms with Gasteiger partial charge in [0.25, 0.3) is 0 Å². The van der Waals surface area contributed by atoms with Gasteiger partial charge in [0.2, 0.25) is 5.91 Å². The van der Waals surface area contributed by atoms with E-state index in [1.54, 1.807) is 12.4 Å². The molecular weight excluding hydrogens is 300 g/mol. The highest BCUT2D eigenvalue weighted by molar-refractivity contribution is 5.83. The molecule has 0 fully saturated rings. The number of aryl methyl sites for hydroxylation is 1. The number of aliphatic hydroxyl groups excluding tert-OH is 1. The summed E-state index contributed by atoms with van der Waals surface area (Å²) in [4.78, 5) is 16.9. The fourth-order valence-electron chi connectivity index (χ4n) is 3.41. The second kappa shape index (κ2) is 7.14. The van der Waals surface area contributed by atoms with E-state index in [1.165, 1.54) is 11.1 Å². The van der Waals surface area contributed by atoms with Crippen molar-refractivity contribution in [1.29, 1.82) is 0 Å². The Morgan fingerprint density at radius 1 is 1.25 bits per heavy atom. The van der Waals surface area contributed by atoms with Crippen LogP contribution in [0.5, 0.6) is 0 Å². The number of pyridine rings is 1. The van der Waals surface area contributed by atoms with Crippen LogP contribution in [0.4, 0.5) is 0 Å². The maximum absolute atomic E-state index is 12.9. The lowest BCUT2D eigenvalue weighted by Gasteiger charge is -2.35. The number of rotatable bonds is 5. The second-order valence-corrected chi connectivity index (χ2v) is 6.92. The third-order valence-corrected chi connectivity index (χ3v) is 4.98. The first-order chi connectivity index (χ1) is 11.6. The summed E-state index contributed by atoms with van der Waals surface area (Å²) in [5.74, 6) is 0.0325. The van der Waals surface area contributed by atoms with Crippen LogP contribution < -0.4 is 5.32 Å². The summed E-state index contributed by atoms with van der Waals surface area (Å²) in [7, 11) is 0. The molecule has 2 atom stereocenters. The van der Waals surface area contributed by atoms with Crippen LogP contribution in [0.3, 0.4) is 0 Å². The van der Waals surface area contributed by atoms with Crippen molar-refractivity contribution in [3.05, 3.63) is 65.5 Å². The van der Waals surface area contributed by atoms with Crippen molar-refractivity contribution in [2.75, 3.05) is 6.61 Å². The maximum atomic E-state index is 12.9. The number of aliphatic hydroxyl groups is 1. The zero-order valence-electron chi connectivity index (χ0n) is 14.0. The number of amides is 1. The molecule has 0 aliphatic heterocycles. The Morgan fingerprint density at radius 3 is 2.67 bits per heavy atom. The van der Waals surface area contributed by atoms with E-state index in [1.807, 2.05) is 25.1 Å². The molecular formula is C20H24N2O2.